The van der Waals surface area contributed by atoms with Crippen molar-refractivity contribution in [2.24, 2.45) is 0 Å². The van der Waals surface area contributed by atoms with E-state index in [4.69, 9.17) is 10.8 Å². The summed E-state index contributed by atoms with van der Waals surface area (Å²) < 4.78 is 26.6. The van der Waals surface area contributed by atoms with Crippen LogP contribution in [0.2, 0.25) is 0 Å². The third-order valence-electron chi connectivity index (χ3n) is 5.70. The lowest BCUT2D eigenvalue weighted by Gasteiger charge is -2.26. The minimum Gasteiger partial charge on any atom is -0.355 e. The molecule has 4 N–H and O–H groups in total. The van der Waals surface area contributed by atoms with E-state index in [2.05, 4.69) is 22.5 Å². The van der Waals surface area contributed by atoms with E-state index in [0.717, 1.165) is 59.7 Å². The first-order valence-corrected chi connectivity index (χ1v) is 13.5. The van der Waals surface area contributed by atoms with Crippen LogP contribution in [0.15, 0.2) is 29.2 Å². The largest absolute Gasteiger partial charge is 0.355 e. The summed E-state index contributed by atoms with van der Waals surface area (Å²) in [6.45, 7) is 4.39. The molecule has 0 bridgehead atoms. The predicted octanol–water partition coefficient (Wildman–Crippen LogP) is 2.42. The molecule has 1 aromatic carbocycles. The molecule has 188 valence electrons. The Morgan fingerprint density at radius 3 is 2.37 bits per heavy atom. The highest BCUT2D eigenvalue weighted by Gasteiger charge is 2.28. The molecule has 12 heteroatoms. The Kier molecular flexibility index (Phi) is 8.89. The Morgan fingerprint density at radius 1 is 1.14 bits per heavy atom. The zero-order valence-electron chi connectivity index (χ0n) is 19.8. The molecule has 0 unspecified atom stereocenters. The van der Waals surface area contributed by atoms with E-state index in [1.165, 1.54) is 35.6 Å². The molecule has 2 amide bonds. The Balaban J connectivity index is 1.84. The molecule has 35 heavy (non-hydrogen) atoms. The van der Waals surface area contributed by atoms with Crippen LogP contribution >= 0.6 is 11.3 Å². The van der Waals surface area contributed by atoms with Gasteiger partial charge in [-0.05, 0) is 49.2 Å². The Bertz CT molecular complexity index is 1200. The van der Waals surface area contributed by atoms with Gasteiger partial charge < -0.3 is 21.5 Å². The Hall–Kier alpha value is -2.93. The van der Waals surface area contributed by atoms with E-state index in [1.807, 2.05) is 0 Å². The quantitative estimate of drug-likeness (QED) is 0.337. The maximum atomic E-state index is 13.0. The topological polar surface area (TPSA) is 147 Å². The summed E-state index contributed by atoms with van der Waals surface area (Å²) in [5, 5.41) is 20.4. The van der Waals surface area contributed by atoms with Gasteiger partial charge in [0.05, 0.1) is 10.5 Å². The standard InChI is InChI=1S/C23H30N6O4S2/c1-3-11-28-12-8-18-19(15-28)34-23(20(18)22(31)26-2)27-21(30)16-4-6-17(7-5-16)35(32,33)29(13-9-24)14-10-25/h4-7,9-10,24-25H,3,8,11-15H2,1-2H3,(H,26,31)(H,27,30). The van der Waals surface area contributed by atoms with Crippen molar-refractivity contribution in [3.05, 3.63) is 45.8 Å². The first kappa shape index (κ1) is 26.7. The first-order chi connectivity index (χ1) is 16.8. The molecule has 0 saturated heterocycles. The van der Waals surface area contributed by atoms with E-state index in [9.17, 15) is 18.0 Å². The van der Waals surface area contributed by atoms with Crippen molar-refractivity contribution in [2.45, 2.75) is 31.2 Å². The van der Waals surface area contributed by atoms with Gasteiger partial charge >= 0.3 is 0 Å². The summed E-state index contributed by atoms with van der Waals surface area (Å²) in [6.07, 6.45) is 3.68. The molecule has 1 aliphatic rings. The summed E-state index contributed by atoms with van der Waals surface area (Å²) in [7, 11) is -2.36. The van der Waals surface area contributed by atoms with Crippen LogP contribution in [0.3, 0.4) is 0 Å². The fraction of sp³-hybridized carbons (Fsp3) is 0.391. The van der Waals surface area contributed by atoms with Gasteiger partial charge in [0.1, 0.15) is 5.00 Å². The summed E-state index contributed by atoms with van der Waals surface area (Å²) >= 11 is 1.40. The minimum absolute atomic E-state index is 0.0357. The molecule has 0 fully saturated rings. The molecule has 2 aromatic rings. The molecule has 2 heterocycles. The Labute approximate surface area is 209 Å². The maximum Gasteiger partial charge on any atom is 0.256 e. The lowest BCUT2D eigenvalue weighted by atomic mass is 10.0. The van der Waals surface area contributed by atoms with E-state index in [1.54, 1.807) is 7.05 Å². The first-order valence-electron chi connectivity index (χ1n) is 11.2. The monoisotopic (exact) mass is 518 g/mol. The van der Waals surface area contributed by atoms with Gasteiger partial charge in [-0.2, -0.15) is 4.31 Å². The van der Waals surface area contributed by atoms with Gasteiger partial charge in [0.15, 0.2) is 0 Å². The molecule has 0 radical (unpaired) electrons. The lowest BCUT2D eigenvalue weighted by Crippen LogP contribution is -2.34. The van der Waals surface area contributed by atoms with Crippen LogP contribution in [0.5, 0.6) is 0 Å². The molecule has 3 rings (SSSR count). The minimum atomic E-state index is -3.92. The van der Waals surface area contributed by atoms with Crippen molar-refractivity contribution in [3.8, 4) is 0 Å². The fourth-order valence-corrected chi connectivity index (χ4v) is 6.60. The van der Waals surface area contributed by atoms with Gasteiger partial charge in [-0.15, -0.1) is 11.3 Å². The van der Waals surface area contributed by atoms with Gasteiger partial charge in [-0.1, -0.05) is 6.92 Å². The molecule has 0 saturated carbocycles. The van der Waals surface area contributed by atoms with Crippen molar-refractivity contribution < 1.29 is 18.0 Å². The van der Waals surface area contributed by atoms with Crippen LogP contribution in [0, 0.1) is 10.8 Å². The number of sulfonamides is 1. The van der Waals surface area contributed by atoms with E-state index in [0.29, 0.717) is 10.6 Å². The number of thiophene rings is 1. The summed E-state index contributed by atoms with van der Waals surface area (Å²) in [5.74, 6) is -0.695. The van der Waals surface area contributed by atoms with Crippen LogP contribution in [0.25, 0.3) is 0 Å². The molecule has 0 spiro atoms. The van der Waals surface area contributed by atoms with Crippen LogP contribution < -0.4 is 10.6 Å². The molecular weight excluding hydrogens is 488 g/mol. The SMILES string of the molecule is CCCN1CCc2c(sc(NC(=O)c3ccc(S(=O)(=O)N(CC=N)CC=N)cc3)c2C(=O)NC)C1. The van der Waals surface area contributed by atoms with Crippen molar-refractivity contribution in [1.82, 2.24) is 14.5 Å². The molecular formula is C23H30N6O4S2. The van der Waals surface area contributed by atoms with Crippen LogP contribution in [-0.2, 0) is 23.0 Å². The van der Waals surface area contributed by atoms with Crippen molar-refractivity contribution in [2.75, 3.05) is 38.5 Å². The predicted molar refractivity (Wildman–Crippen MR) is 138 cm³/mol. The number of benzene rings is 1. The maximum absolute atomic E-state index is 13.0. The van der Waals surface area contributed by atoms with Gasteiger partial charge in [0.25, 0.3) is 11.8 Å². The number of nitrogens with zero attached hydrogens (tertiary/aromatic N) is 2. The second-order valence-corrected chi connectivity index (χ2v) is 11.1. The van der Waals surface area contributed by atoms with E-state index in [-0.39, 0.29) is 29.5 Å². The van der Waals surface area contributed by atoms with Gasteiger partial charge in [0.2, 0.25) is 10.0 Å². The summed E-state index contributed by atoms with van der Waals surface area (Å²) in [5.41, 5.74) is 1.71. The van der Waals surface area contributed by atoms with Gasteiger partial charge in [0, 0.05) is 56.1 Å². The van der Waals surface area contributed by atoms with Gasteiger partial charge in [-0.25, -0.2) is 8.42 Å². The number of anilines is 1. The normalized spacial score (nSPS) is 13.8. The van der Waals surface area contributed by atoms with Crippen molar-refractivity contribution >= 4 is 50.6 Å². The lowest BCUT2D eigenvalue weighted by molar-refractivity contribution is 0.0962. The second-order valence-electron chi connectivity index (χ2n) is 8.02. The van der Waals surface area contributed by atoms with Crippen molar-refractivity contribution in [1.29, 1.82) is 10.8 Å². The average Bonchev–Trinajstić information content (AvgIpc) is 3.20. The second kappa shape index (κ2) is 11.7. The third kappa shape index (κ3) is 5.84. The zero-order chi connectivity index (χ0) is 25.6. The smallest absolute Gasteiger partial charge is 0.256 e. The molecule has 1 aromatic heterocycles. The average molecular weight is 519 g/mol. The fourth-order valence-electron chi connectivity index (χ4n) is 3.99. The van der Waals surface area contributed by atoms with Crippen LogP contribution in [0.4, 0.5) is 5.00 Å². The van der Waals surface area contributed by atoms with Crippen LogP contribution in [-0.4, -0.2) is 75.1 Å². The number of rotatable bonds is 11. The van der Waals surface area contributed by atoms with E-state index >= 15 is 0 Å². The number of fused-ring (bicyclic) bond motifs is 1. The van der Waals surface area contributed by atoms with Crippen LogP contribution in [0.1, 0.15) is 44.5 Å². The molecule has 10 nitrogen and oxygen atoms in total. The van der Waals surface area contributed by atoms with Crippen molar-refractivity contribution in [3.63, 3.8) is 0 Å². The Morgan fingerprint density at radius 2 is 1.80 bits per heavy atom. The summed E-state index contributed by atoms with van der Waals surface area (Å²) in [6, 6.07) is 5.47. The molecule has 0 aliphatic carbocycles. The number of amides is 2. The highest BCUT2D eigenvalue weighted by Crippen LogP contribution is 2.37. The van der Waals surface area contributed by atoms with E-state index < -0.39 is 15.9 Å². The van der Waals surface area contributed by atoms with Gasteiger partial charge in [-0.3, -0.25) is 14.5 Å². The highest BCUT2D eigenvalue weighted by atomic mass is 32.2. The molecule has 1 aliphatic heterocycles. The molecule has 0 atom stereocenters. The third-order valence-corrected chi connectivity index (χ3v) is 8.68. The number of hydrogen-bond acceptors (Lipinski definition) is 8. The zero-order valence-corrected chi connectivity index (χ0v) is 21.4. The number of carbonyl (C=O) groups is 2. The number of hydrogen-bond donors (Lipinski definition) is 4. The summed E-state index contributed by atoms with van der Waals surface area (Å²) in [4.78, 5) is 29.0. The highest BCUT2D eigenvalue weighted by molar-refractivity contribution is 7.89. The number of carbonyl (C=O) groups excluding carboxylic acids is 2. The number of nitrogens with one attached hydrogen (secondary N) is 4.